The number of aromatic nitrogens is 1. The first-order chi connectivity index (χ1) is 13.4. The summed E-state index contributed by atoms with van der Waals surface area (Å²) in [6.45, 7) is 0.894. The number of hydrogen-bond acceptors (Lipinski definition) is 6. The van der Waals surface area contributed by atoms with Gasteiger partial charge in [0.15, 0.2) is 11.5 Å². The number of rotatable bonds is 5. The fourth-order valence-electron chi connectivity index (χ4n) is 2.94. The van der Waals surface area contributed by atoms with E-state index < -0.39 is 10.0 Å². The molecule has 10 heteroatoms. The molecule has 1 aliphatic heterocycles. The minimum Gasteiger partial charge on any atom is -0.493 e. The van der Waals surface area contributed by atoms with E-state index in [1.54, 1.807) is 17.0 Å². The summed E-state index contributed by atoms with van der Waals surface area (Å²) in [4.78, 5) is 18.3. The molecule has 1 fully saturated rings. The highest BCUT2D eigenvalue weighted by Crippen LogP contribution is 2.31. The molecule has 2 heterocycles. The molecule has 28 heavy (non-hydrogen) atoms. The van der Waals surface area contributed by atoms with E-state index in [9.17, 15) is 13.2 Å². The van der Waals surface area contributed by atoms with Crippen LogP contribution in [0.25, 0.3) is 0 Å². The molecule has 0 spiro atoms. The van der Waals surface area contributed by atoms with Gasteiger partial charge >= 0.3 is 0 Å². The lowest BCUT2D eigenvalue weighted by molar-refractivity contribution is 0.0692. The van der Waals surface area contributed by atoms with Gasteiger partial charge in [-0.25, -0.2) is 8.42 Å². The Hall–Kier alpha value is -2.36. The molecule has 0 bridgehead atoms. The van der Waals surface area contributed by atoms with Crippen molar-refractivity contribution in [2.45, 2.75) is 4.90 Å². The normalized spacial score (nSPS) is 15.3. The van der Waals surface area contributed by atoms with Crippen LogP contribution >= 0.6 is 11.6 Å². The molecule has 150 valence electrons. The Morgan fingerprint density at radius 1 is 1.04 bits per heavy atom. The number of nitrogens with zero attached hydrogens (tertiary/aromatic N) is 3. The maximum absolute atomic E-state index is 12.9. The average molecular weight is 426 g/mol. The van der Waals surface area contributed by atoms with Crippen molar-refractivity contribution < 1.29 is 22.7 Å². The van der Waals surface area contributed by atoms with E-state index in [0.29, 0.717) is 16.5 Å². The second-order valence-corrected chi connectivity index (χ2v) is 8.45. The Bertz CT molecular complexity index is 975. The Labute approximate surface area is 168 Å². The van der Waals surface area contributed by atoms with Gasteiger partial charge in [0.05, 0.1) is 19.1 Å². The predicted molar refractivity (Wildman–Crippen MR) is 103 cm³/mol. The largest absolute Gasteiger partial charge is 0.493 e. The second kappa shape index (κ2) is 8.34. The van der Waals surface area contributed by atoms with E-state index in [1.807, 2.05) is 0 Å². The van der Waals surface area contributed by atoms with E-state index in [0.717, 1.165) is 0 Å². The van der Waals surface area contributed by atoms with Crippen molar-refractivity contribution in [3.05, 3.63) is 47.2 Å². The molecule has 8 nitrogen and oxygen atoms in total. The first kappa shape index (κ1) is 20.4. The molecule has 2 aromatic rings. The van der Waals surface area contributed by atoms with Crippen LogP contribution in [0, 0.1) is 0 Å². The summed E-state index contributed by atoms with van der Waals surface area (Å²) in [5.41, 5.74) is 0.240. The summed E-state index contributed by atoms with van der Waals surface area (Å²) >= 11 is 5.91. The number of carbonyl (C=O) groups is 1. The molecule has 0 unspecified atom stereocenters. The van der Waals surface area contributed by atoms with E-state index in [1.165, 1.54) is 42.9 Å². The van der Waals surface area contributed by atoms with E-state index in [2.05, 4.69) is 4.98 Å². The summed E-state index contributed by atoms with van der Waals surface area (Å²) in [6, 6.07) is 7.55. The standard InChI is InChI=1S/C18H20ClN3O5S/c1-26-16-4-3-14(12-17(16)27-2)28(24,25)22-9-7-21(8-10-22)18(23)15-11-13(19)5-6-20-15/h3-6,11-12H,7-10H2,1-2H3. The van der Waals surface area contributed by atoms with Crippen molar-refractivity contribution in [1.82, 2.24) is 14.2 Å². The highest BCUT2D eigenvalue weighted by atomic mass is 35.5. The Morgan fingerprint density at radius 3 is 2.32 bits per heavy atom. The van der Waals surface area contributed by atoms with Crippen molar-refractivity contribution in [2.24, 2.45) is 0 Å². The van der Waals surface area contributed by atoms with Crippen LogP contribution in [0.3, 0.4) is 0 Å². The number of methoxy groups -OCH3 is 2. The van der Waals surface area contributed by atoms with Crippen LogP contribution in [0.1, 0.15) is 10.5 Å². The van der Waals surface area contributed by atoms with Gasteiger partial charge in [-0.05, 0) is 24.3 Å². The number of pyridine rings is 1. The van der Waals surface area contributed by atoms with Crippen LogP contribution in [0.15, 0.2) is 41.4 Å². The number of hydrogen-bond donors (Lipinski definition) is 0. The van der Waals surface area contributed by atoms with Crippen LogP contribution in [0.4, 0.5) is 0 Å². The molecule has 0 radical (unpaired) electrons. The van der Waals surface area contributed by atoms with Gasteiger partial charge in [0.1, 0.15) is 5.69 Å². The summed E-state index contributed by atoms with van der Waals surface area (Å²) in [6.07, 6.45) is 1.47. The molecular formula is C18H20ClN3O5S. The van der Waals surface area contributed by atoms with Gasteiger partial charge in [-0.15, -0.1) is 0 Å². The summed E-state index contributed by atoms with van der Waals surface area (Å²) in [5, 5.41) is 0.424. The molecule has 0 saturated carbocycles. The zero-order valence-electron chi connectivity index (χ0n) is 15.5. The minimum atomic E-state index is -3.72. The zero-order valence-corrected chi connectivity index (χ0v) is 17.0. The molecule has 1 amide bonds. The van der Waals surface area contributed by atoms with Gasteiger partial charge in [-0.2, -0.15) is 4.31 Å². The molecule has 1 aromatic heterocycles. The number of halogens is 1. The zero-order chi connectivity index (χ0) is 20.3. The lowest BCUT2D eigenvalue weighted by Gasteiger charge is -2.33. The quantitative estimate of drug-likeness (QED) is 0.726. The number of ether oxygens (including phenoxy) is 2. The van der Waals surface area contributed by atoms with Crippen LogP contribution in [0.5, 0.6) is 11.5 Å². The monoisotopic (exact) mass is 425 g/mol. The Morgan fingerprint density at radius 2 is 1.71 bits per heavy atom. The lowest BCUT2D eigenvalue weighted by atomic mass is 10.3. The Kier molecular flexibility index (Phi) is 6.07. The maximum Gasteiger partial charge on any atom is 0.272 e. The van der Waals surface area contributed by atoms with Crippen LogP contribution in [-0.2, 0) is 10.0 Å². The molecule has 1 aromatic carbocycles. The summed E-state index contributed by atoms with van der Waals surface area (Å²) in [7, 11) is -0.787. The number of benzene rings is 1. The van der Waals surface area contributed by atoms with Crippen molar-refractivity contribution in [2.75, 3.05) is 40.4 Å². The van der Waals surface area contributed by atoms with Gasteiger partial charge in [0, 0.05) is 43.5 Å². The third-order valence-corrected chi connectivity index (χ3v) is 6.59. The lowest BCUT2D eigenvalue weighted by Crippen LogP contribution is -2.50. The minimum absolute atomic E-state index is 0.112. The molecule has 3 rings (SSSR count). The van der Waals surface area contributed by atoms with Gasteiger partial charge in [-0.3, -0.25) is 9.78 Å². The third kappa shape index (κ3) is 4.06. The van der Waals surface area contributed by atoms with Crippen molar-refractivity contribution in [1.29, 1.82) is 0 Å². The molecule has 1 saturated heterocycles. The van der Waals surface area contributed by atoms with Crippen LogP contribution in [-0.4, -0.2) is 68.9 Å². The van der Waals surface area contributed by atoms with E-state index in [4.69, 9.17) is 21.1 Å². The topological polar surface area (TPSA) is 89.0 Å². The molecule has 0 N–H and O–H groups in total. The number of piperazine rings is 1. The number of amides is 1. The molecule has 1 aliphatic rings. The summed E-state index contributed by atoms with van der Waals surface area (Å²) in [5.74, 6) is 0.515. The fraction of sp³-hybridized carbons (Fsp3) is 0.333. The average Bonchev–Trinajstić information content (AvgIpc) is 2.72. The van der Waals surface area contributed by atoms with Gasteiger partial charge < -0.3 is 14.4 Å². The van der Waals surface area contributed by atoms with E-state index >= 15 is 0 Å². The van der Waals surface area contributed by atoms with Crippen LogP contribution in [0.2, 0.25) is 5.02 Å². The smallest absolute Gasteiger partial charge is 0.272 e. The second-order valence-electron chi connectivity index (χ2n) is 6.07. The Balaban J connectivity index is 1.72. The van der Waals surface area contributed by atoms with Crippen LogP contribution < -0.4 is 9.47 Å². The molecular weight excluding hydrogens is 406 g/mol. The predicted octanol–water partition coefficient (Wildman–Crippen LogP) is 1.90. The highest BCUT2D eigenvalue weighted by Gasteiger charge is 2.31. The molecule has 0 atom stereocenters. The van der Waals surface area contributed by atoms with Gasteiger partial charge in [0.2, 0.25) is 10.0 Å². The summed E-state index contributed by atoms with van der Waals surface area (Å²) < 4.78 is 37.6. The van der Waals surface area contributed by atoms with Crippen molar-refractivity contribution in [3.8, 4) is 11.5 Å². The first-order valence-corrected chi connectivity index (χ1v) is 10.3. The van der Waals surface area contributed by atoms with Crippen molar-refractivity contribution >= 4 is 27.5 Å². The first-order valence-electron chi connectivity index (χ1n) is 8.50. The van der Waals surface area contributed by atoms with Crippen molar-refractivity contribution in [3.63, 3.8) is 0 Å². The fourth-order valence-corrected chi connectivity index (χ4v) is 4.54. The number of sulfonamides is 1. The maximum atomic E-state index is 12.9. The van der Waals surface area contributed by atoms with Gasteiger partial charge in [0.25, 0.3) is 5.91 Å². The molecule has 0 aliphatic carbocycles. The van der Waals surface area contributed by atoms with Gasteiger partial charge in [-0.1, -0.05) is 11.6 Å². The highest BCUT2D eigenvalue weighted by molar-refractivity contribution is 7.89. The third-order valence-electron chi connectivity index (χ3n) is 4.46. The van der Waals surface area contributed by atoms with E-state index in [-0.39, 0.29) is 42.7 Å². The SMILES string of the molecule is COc1ccc(S(=O)(=O)N2CCN(C(=O)c3cc(Cl)ccn3)CC2)cc1OC. The number of carbonyl (C=O) groups excluding carboxylic acids is 1.